The van der Waals surface area contributed by atoms with Crippen molar-refractivity contribution in [2.75, 3.05) is 19.6 Å². The van der Waals surface area contributed by atoms with E-state index in [9.17, 15) is 4.79 Å². The van der Waals surface area contributed by atoms with Crippen LogP contribution in [0.25, 0.3) is 0 Å². The number of carbonyl (C=O) groups excluding carboxylic acids is 1. The number of nitrogens with one attached hydrogen (secondary N) is 1. The van der Waals surface area contributed by atoms with Gasteiger partial charge in [-0.05, 0) is 16.5 Å². The average molecular weight is 246 g/mol. The van der Waals surface area contributed by atoms with Gasteiger partial charge < -0.3 is 5.32 Å². The zero-order chi connectivity index (χ0) is 13.2. The standard InChI is InChI=1S/C15H22N2O/c1-15(2,3)13-6-4-5-12(9-13)10-17-8-7-16-14(18)11-17/h4-6,9H,7-8,10-11H2,1-3H3,(H,16,18). The first-order chi connectivity index (χ1) is 8.45. The van der Waals surface area contributed by atoms with Crippen molar-refractivity contribution in [3.05, 3.63) is 35.4 Å². The highest BCUT2D eigenvalue weighted by atomic mass is 16.2. The van der Waals surface area contributed by atoms with E-state index in [0.717, 1.165) is 19.6 Å². The van der Waals surface area contributed by atoms with Gasteiger partial charge in [-0.25, -0.2) is 0 Å². The lowest BCUT2D eigenvalue weighted by Gasteiger charge is -2.27. The van der Waals surface area contributed by atoms with Crippen LogP contribution in [0.15, 0.2) is 24.3 Å². The second-order valence-corrected chi connectivity index (χ2v) is 6.01. The van der Waals surface area contributed by atoms with E-state index in [1.165, 1.54) is 11.1 Å². The summed E-state index contributed by atoms with van der Waals surface area (Å²) in [7, 11) is 0. The predicted molar refractivity (Wildman–Crippen MR) is 73.4 cm³/mol. The fourth-order valence-corrected chi connectivity index (χ4v) is 2.22. The summed E-state index contributed by atoms with van der Waals surface area (Å²) in [5, 5.41) is 2.85. The fraction of sp³-hybridized carbons (Fsp3) is 0.533. The summed E-state index contributed by atoms with van der Waals surface area (Å²) < 4.78 is 0. The third-order valence-electron chi connectivity index (χ3n) is 3.32. The number of rotatable bonds is 2. The van der Waals surface area contributed by atoms with Gasteiger partial charge in [0.15, 0.2) is 0 Å². The minimum atomic E-state index is 0.133. The normalized spacial score (nSPS) is 17.6. The number of hydrogen-bond donors (Lipinski definition) is 1. The Bertz CT molecular complexity index is 434. The molecule has 0 unspecified atom stereocenters. The first-order valence-corrected chi connectivity index (χ1v) is 6.53. The third-order valence-corrected chi connectivity index (χ3v) is 3.32. The molecule has 1 aromatic rings. The van der Waals surface area contributed by atoms with Crippen LogP contribution in [-0.2, 0) is 16.8 Å². The minimum Gasteiger partial charge on any atom is -0.354 e. The van der Waals surface area contributed by atoms with Gasteiger partial charge in [-0.3, -0.25) is 9.69 Å². The Labute approximate surface area is 109 Å². The molecule has 0 spiro atoms. The molecule has 0 saturated carbocycles. The number of carbonyl (C=O) groups is 1. The fourth-order valence-electron chi connectivity index (χ4n) is 2.22. The van der Waals surface area contributed by atoms with Crippen LogP contribution in [0.1, 0.15) is 31.9 Å². The van der Waals surface area contributed by atoms with E-state index in [1.54, 1.807) is 0 Å². The second-order valence-electron chi connectivity index (χ2n) is 6.01. The van der Waals surface area contributed by atoms with Crippen molar-refractivity contribution >= 4 is 5.91 Å². The van der Waals surface area contributed by atoms with Crippen molar-refractivity contribution in [3.63, 3.8) is 0 Å². The summed E-state index contributed by atoms with van der Waals surface area (Å²) in [6.45, 7) is 9.74. The highest BCUT2D eigenvalue weighted by Gasteiger charge is 2.17. The van der Waals surface area contributed by atoms with Crippen molar-refractivity contribution in [2.24, 2.45) is 0 Å². The molecule has 1 amide bonds. The topological polar surface area (TPSA) is 32.3 Å². The van der Waals surface area contributed by atoms with Gasteiger partial charge in [-0.2, -0.15) is 0 Å². The summed E-state index contributed by atoms with van der Waals surface area (Å²) in [6, 6.07) is 8.68. The van der Waals surface area contributed by atoms with Crippen LogP contribution in [0.4, 0.5) is 0 Å². The highest BCUT2D eigenvalue weighted by Crippen LogP contribution is 2.23. The number of amides is 1. The molecule has 1 N–H and O–H groups in total. The SMILES string of the molecule is CC(C)(C)c1cccc(CN2CCNC(=O)C2)c1. The van der Waals surface area contributed by atoms with E-state index in [1.807, 2.05) is 0 Å². The molecular formula is C15H22N2O. The predicted octanol–water partition coefficient (Wildman–Crippen LogP) is 1.92. The zero-order valence-corrected chi connectivity index (χ0v) is 11.5. The van der Waals surface area contributed by atoms with E-state index in [2.05, 4.69) is 55.3 Å². The number of piperazine rings is 1. The lowest BCUT2D eigenvalue weighted by Crippen LogP contribution is -2.47. The third kappa shape index (κ3) is 3.33. The Morgan fingerprint density at radius 2 is 2.11 bits per heavy atom. The summed E-state index contributed by atoms with van der Waals surface area (Å²) in [6.07, 6.45) is 0. The van der Waals surface area contributed by atoms with E-state index < -0.39 is 0 Å². The molecule has 1 aromatic carbocycles. The maximum atomic E-state index is 11.3. The first kappa shape index (κ1) is 13.1. The molecule has 1 saturated heterocycles. The molecule has 1 heterocycles. The van der Waals surface area contributed by atoms with E-state index in [-0.39, 0.29) is 11.3 Å². The summed E-state index contributed by atoms with van der Waals surface area (Å²) in [5.41, 5.74) is 2.81. The summed E-state index contributed by atoms with van der Waals surface area (Å²) >= 11 is 0. The lowest BCUT2D eigenvalue weighted by atomic mass is 9.86. The van der Waals surface area contributed by atoms with Crippen LogP contribution < -0.4 is 5.32 Å². The Hall–Kier alpha value is -1.35. The van der Waals surface area contributed by atoms with Gasteiger partial charge in [0, 0.05) is 19.6 Å². The first-order valence-electron chi connectivity index (χ1n) is 6.53. The van der Waals surface area contributed by atoms with Gasteiger partial charge >= 0.3 is 0 Å². The molecule has 2 rings (SSSR count). The highest BCUT2D eigenvalue weighted by molar-refractivity contribution is 5.78. The second kappa shape index (κ2) is 5.11. The molecule has 98 valence electrons. The minimum absolute atomic E-state index is 0.133. The van der Waals surface area contributed by atoms with Gasteiger partial charge in [-0.1, -0.05) is 45.0 Å². The molecule has 3 heteroatoms. The van der Waals surface area contributed by atoms with Crippen molar-refractivity contribution < 1.29 is 4.79 Å². The molecular weight excluding hydrogens is 224 g/mol. The molecule has 18 heavy (non-hydrogen) atoms. The average Bonchev–Trinajstić information content (AvgIpc) is 2.28. The van der Waals surface area contributed by atoms with Crippen LogP contribution in [0.5, 0.6) is 0 Å². The zero-order valence-electron chi connectivity index (χ0n) is 11.5. The number of nitrogens with zero attached hydrogens (tertiary/aromatic N) is 1. The lowest BCUT2D eigenvalue weighted by molar-refractivity contribution is -0.124. The van der Waals surface area contributed by atoms with Crippen LogP contribution in [0.3, 0.4) is 0 Å². The maximum Gasteiger partial charge on any atom is 0.234 e. The van der Waals surface area contributed by atoms with Gasteiger partial charge in [-0.15, -0.1) is 0 Å². The molecule has 1 fully saturated rings. The molecule has 0 atom stereocenters. The monoisotopic (exact) mass is 246 g/mol. The Morgan fingerprint density at radius 1 is 1.33 bits per heavy atom. The molecule has 0 aliphatic carbocycles. The summed E-state index contributed by atoms with van der Waals surface area (Å²) in [5.74, 6) is 0.133. The van der Waals surface area contributed by atoms with Gasteiger partial charge in [0.25, 0.3) is 0 Å². The smallest absolute Gasteiger partial charge is 0.234 e. The van der Waals surface area contributed by atoms with E-state index >= 15 is 0 Å². The summed E-state index contributed by atoms with van der Waals surface area (Å²) in [4.78, 5) is 13.5. The largest absolute Gasteiger partial charge is 0.354 e. The van der Waals surface area contributed by atoms with Crippen LogP contribution in [0.2, 0.25) is 0 Å². The Kier molecular flexibility index (Phi) is 3.71. The van der Waals surface area contributed by atoms with Gasteiger partial charge in [0.2, 0.25) is 5.91 Å². The van der Waals surface area contributed by atoms with E-state index in [0.29, 0.717) is 6.54 Å². The maximum absolute atomic E-state index is 11.3. The van der Waals surface area contributed by atoms with Crippen molar-refractivity contribution in [1.29, 1.82) is 0 Å². The van der Waals surface area contributed by atoms with Crippen molar-refractivity contribution in [2.45, 2.75) is 32.7 Å². The van der Waals surface area contributed by atoms with Crippen LogP contribution >= 0.6 is 0 Å². The molecule has 1 aliphatic rings. The van der Waals surface area contributed by atoms with Gasteiger partial charge in [0.1, 0.15) is 0 Å². The van der Waals surface area contributed by atoms with E-state index in [4.69, 9.17) is 0 Å². The number of hydrogen-bond acceptors (Lipinski definition) is 2. The van der Waals surface area contributed by atoms with Gasteiger partial charge in [0.05, 0.1) is 6.54 Å². The molecule has 3 nitrogen and oxygen atoms in total. The molecule has 1 aliphatic heterocycles. The van der Waals surface area contributed by atoms with Crippen molar-refractivity contribution in [1.82, 2.24) is 10.2 Å². The molecule has 0 radical (unpaired) electrons. The Balaban J connectivity index is 2.07. The molecule has 0 bridgehead atoms. The quantitative estimate of drug-likeness (QED) is 0.864. The molecule has 0 aromatic heterocycles. The van der Waals surface area contributed by atoms with Crippen molar-refractivity contribution in [3.8, 4) is 0 Å². The van der Waals surface area contributed by atoms with Crippen LogP contribution in [-0.4, -0.2) is 30.4 Å². The van der Waals surface area contributed by atoms with Crippen LogP contribution in [0, 0.1) is 0 Å². The Morgan fingerprint density at radius 3 is 2.78 bits per heavy atom. The number of benzene rings is 1.